The van der Waals surface area contributed by atoms with Gasteiger partial charge in [0.05, 0.1) is 21.1 Å². The number of ether oxygens (including phenoxy) is 2. The van der Waals surface area contributed by atoms with Crippen molar-refractivity contribution in [2.75, 3.05) is 26.3 Å². The predicted molar refractivity (Wildman–Crippen MR) is 119 cm³/mol. The summed E-state index contributed by atoms with van der Waals surface area (Å²) in [5, 5.41) is 1.66. The highest BCUT2D eigenvalue weighted by Crippen LogP contribution is 2.34. The third-order valence-electron chi connectivity index (χ3n) is 5.66. The minimum absolute atomic E-state index is 0.0325. The van der Waals surface area contributed by atoms with Crippen LogP contribution in [-0.2, 0) is 34.0 Å². The van der Waals surface area contributed by atoms with Gasteiger partial charge in [-0.15, -0.1) is 0 Å². The summed E-state index contributed by atoms with van der Waals surface area (Å²) >= 11 is 0. The molecule has 8 nitrogen and oxygen atoms in total. The Kier molecular flexibility index (Phi) is 4.36. The fourth-order valence-corrected chi connectivity index (χ4v) is 3.94. The summed E-state index contributed by atoms with van der Waals surface area (Å²) < 4.78 is 83.9. The molecule has 0 spiro atoms. The lowest BCUT2D eigenvalue weighted by Gasteiger charge is -2.29. The van der Waals surface area contributed by atoms with Gasteiger partial charge < -0.3 is 14.4 Å². The molecule has 0 aromatic heterocycles. The van der Waals surface area contributed by atoms with Crippen molar-refractivity contribution < 1.29 is 37.8 Å². The topological polar surface area (TPSA) is 88.2 Å². The van der Waals surface area contributed by atoms with E-state index in [1.54, 1.807) is 10.2 Å². The molecule has 9 heteroatoms. The number of halogens is 1. The van der Waals surface area contributed by atoms with Gasteiger partial charge in [-0.25, -0.2) is 4.39 Å². The summed E-state index contributed by atoms with van der Waals surface area (Å²) in [4.78, 5) is 40.2. The van der Waals surface area contributed by atoms with Crippen molar-refractivity contribution >= 4 is 17.7 Å². The molecular weight excluding hydrogens is 441 g/mol. The van der Waals surface area contributed by atoms with Crippen LogP contribution in [0.1, 0.15) is 49.4 Å². The number of piperidine rings is 1. The van der Waals surface area contributed by atoms with Crippen molar-refractivity contribution in [1.29, 1.82) is 0 Å². The molecule has 5 rings (SSSR count). The number of imide groups is 1. The van der Waals surface area contributed by atoms with Crippen molar-refractivity contribution in [2.45, 2.75) is 38.4 Å². The Morgan fingerprint density at radius 1 is 1.24 bits per heavy atom. The Balaban J connectivity index is 1.41. The Morgan fingerprint density at radius 3 is 2.88 bits per heavy atom. The number of nitrogens with zero attached hydrogens (tertiary/aromatic N) is 2. The van der Waals surface area contributed by atoms with E-state index in [2.05, 4.69) is 0 Å². The van der Waals surface area contributed by atoms with E-state index >= 15 is 0 Å². The lowest BCUT2D eigenvalue weighted by molar-refractivity contribution is -0.136. The smallest absolute Gasteiger partial charge is 0.255 e. The number of fused-ring (bicyclic) bond motifs is 1. The number of nitrogens with one attached hydrogen (secondary N) is 1. The van der Waals surface area contributed by atoms with Crippen LogP contribution in [0, 0.1) is 5.82 Å². The van der Waals surface area contributed by atoms with Gasteiger partial charge >= 0.3 is 0 Å². The number of benzene rings is 2. The third kappa shape index (κ3) is 4.53. The maximum absolute atomic E-state index is 14.8. The molecule has 3 amide bonds. The van der Waals surface area contributed by atoms with E-state index in [0.717, 1.165) is 6.07 Å². The first-order valence-corrected chi connectivity index (χ1v) is 10.7. The van der Waals surface area contributed by atoms with Gasteiger partial charge in [0.15, 0.2) is 0 Å². The number of morpholine rings is 1. The van der Waals surface area contributed by atoms with E-state index in [9.17, 15) is 18.8 Å². The number of hydrogen-bond acceptors (Lipinski definition) is 6. The van der Waals surface area contributed by atoms with E-state index in [4.69, 9.17) is 19.1 Å². The van der Waals surface area contributed by atoms with E-state index in [-0.39, 0.29) is 34.6 Å². The third-order valence-corrected chi connectivity index (χ3v) is 5.66. The van der Waals surface area contributed by atoms with Gasteiger partial charge in [0, 0.05) is 50.9 Å². The van der Waals surface area contributed by atoms with E-state index in [1.165, 1.54) is 30.3 Å². The molecule has 3 heterocycles. The molecule has 34 heavy (non-hydrogen) atoms. The summed E-state index contributed by atoms with van der Waals surface area (Å²) in [6.07, 6.45) is -6.72. The average molecular weight is 475 g/mol. The van der Waals surface area contributed by atoms with Gasteiger partial charge in [-0.1, -0.05) is 12.1 Å². The molecule has 3 aliphatic rings. The largest absolute Gasteiger partial charge is 0.488 e. The zero-order valence-corrected chi connectivity index (χ0v) is 18.0. The highest BCUT2D eigenvalue weighted by molar-refractivity contribution is 6.05. The van der Waals surface area contributed by atoms with Gasteiger partial charge in [-0.2, -0.15) is 0 Å². The van der Waals surface area contributed by atoms with Gasteiger partial charge in [0.25, 0.3) is 5.91 Å². The fourth-order valence-electron chi connectivity index (χ4n) is 3.94. The molecule has 3 aliphatic heterocycles. The maximum Gasteiger partial charge on any atom is 0.255 e. The van der Waals surface area contributed by atoms with Gasteiger partial charge in [0.2, 0.25) is 11.8 Å². The molecule has 2 saturated heterocycles. The van der Waals surface area contributed by atoms with Crippen LogP contribution < -0.4 is 10.1 Å². The summed E-state index contributed by atoms with van der Waals surface area (Å²) in [6, 6.07) is 4.96. The highest BCUT2D eigenvalue weighted by atomic mass is 19.1. The van der Waals surface area contributed by atoms with Crippen molar-refractivity contribution in [1.82, 2.24) is 15.1 Å². The Labute approximate surface area is 206 Å². The molecule has 1 atom stereocenters. The van der Waals surface area contributed by atoms with Gasteiger partial charge in [-0.05, 0) is 36.2 Å². The van der Waals surface area contributed by atoms with Crippen LogP contribution >= 0.6 is 0 Å². The predicted octanol–water partition coefficient (Wildman–Crippen LogP) is 2.00. The Morgan fingerprint density at radius 2 is 2.06 bits per heavy atom. The standard InChI is InChI=1S/C25H26FN3O5/c26-20-5-4-16(13-28-8-10-33-11-9-28)12-17(20)15-34-22-3-1-2-18-19(22)14-29(25(18)32)21-6-7-23(30)27-24(21)31/h1-5,12,21H,6-11,13-15H2,(H,27,30,31)/i6D2,7D2,13D2,21D. The molecule has 1 N–H and O–H groups in total. The maximum atomic E-state index is 14.8. The zero-order valence-electron chi connectivity index (χ0n) is 25.0. The Bertz CT molecular complexity index is 1440. The summed E-state index contributed by atoms with van der Waals surface area (Å²) in [5.74, 6) is -4.57. The molecule has 1 unspecified atom stereocenters. The summed E-state index contributed by atoms with van der Waals surface area (Å²) in [7, 11) is 0. The van der Waals surface area contributed by atoms with Gasteiger partial charge in [-0.3, -0.25) is 24.6 Å². The van der Waals surface area contributed by atoms with Crippen molar-refractivity contribution in [2.24, 2.45) is 0 Å². The molecule has 0 radical (unpaired) electrons. The normalized spacial score (nSPS) is 29.5. The number of rotatable bonds is 6. The number of carbonyl (C=O) groups is 3. The van der Waals surface area contributed by atoms with Crippen LogP contribution in [0.15, 0.2) is 36.4 Å². The second kappa shape index (κ2) is 9.52. The van der Waals surface area contributed by atoms with Crippen LogP contribution in [0.25, 0.3) is 0 Å². The second-order valence-corrected chi connectivity index (χ2v) is 7.86. The summed E-state index contributed by atoms with van der Waals surface area (Å²) in [5.41, 5.74) is 0.369. The zero-order chi connectivity index (χ0) is 30.0. The first kappa shape index (κ1) is 15.6. The number of carbonyl (C=O) groups excluding carboxylic acids is 3. The van der Waals surface area contributed by atoms with Crippen LogP contribution in [0.5, 0.6) is 5.75 Å². The first-order chi connectivity index (χ1) is 19.1. The lowest BCUT2D eigenvalue weighted by atomic mass is 10.0. The monoisotopic (exact) mass is 474 g/mol. The van der Waals surface area contributed by atoms with Crippen molar-refractivity contribution in [3.05, 3.63) is 64.5 Å². The fraction of sp³-hybridized carbons (Fsp3) is 0.400. The molecule has 0 aliphatic carbocycles. The quantitative estimate of drug-likeness (QED) is 0.645. The molecule has 2 aromatic rings. The first-order valence-electron chi connectivity index (χ1n) is 14.2. The summed E-state index contributed by atoms with van der Waals surface area (Å²) in [6.45, 7) is -1.33. The minimum Gasteiger partial charge on any atom is -0.488 e. The average Bonchev–Trinajstić information content (AvgIpc) is 3.28. The highest BCUT2D eigenvalue weighted by Gasteiger charge is 2.40. The van der Waals surface area contributed by atoms with E-state index < -0.39 is 55.3 Å². The van der Waals surface area contributed by atoms with Gasteiger partial charge in [0.1, 0.15) is 24.2 Å². The van der Waals surface area contributed by atoms with Crippen LogP contribution in [0.2, 0.25) is 0 Å². The van der Waals surface area contributed by atoms with Crippen LogP contribution in [0.3, 0.4) is 0 Å². The second-order valence-electron chi connectivity index (χ2n) is 7.86. The molecule has 2 aromatic carbocycles. The molecular formula is C25H26FN3O5. The number of amides is 3. The van der Waals surface area contributed by atoms with Crippen molar-refractivity contribution in [3.8, 4) is 5.75 Å². The lowest BCUT2D eigenvalue weighted by Crippen LogP contribution is -2.52. The van der Waals surface area contributed by atoms with Crippen LogP contribution in [0.4, 0.5) is 4.39 Å². The number of hydrogen-bond donors (Lipinski definition) is 1. The van der Waals surface area contributed by atoms with E-state index in [0.29, 0.717) is 31.2 Å². The molecule has 2 fully saturated rings. The minimum atomic E-state index is -3.42. The van der Waals surface area contributed by atoms with E-state index in [1.807, 2.05) is 0 Å². The Hall–Kier alpha value is -3.30. The molecule has 0 saturated carbocycles. The van der Waals surface area contributed by atoms with Crippen LogP contribution in [-0.4, -0.2) is 59.8 Å². The molecule has 178 valence electrons. The van der Waals surface area contributed by atoms with Crippen molar-refractivity contribution in [3.63, 3.8) is 0 Å². The molecule has 0 bridgehead atoms. The SMILES string of the molecule is [2H]C([2H])(c1ccc(F)c(COc2cccc3c2CN(C2([2H])C(=O)NC(=O)C([2H])([2H])C2([2H])[2H])C3=O)c1)N1CCOCC1.